The fraction of sp³-hybridized carbons (Fsp3) is 0.321. The molecule has 1 aliphatic heterocycles. The average molecular weight is 510 g/mol. The lowest BCUT2D eigenvalue weighted by atomic mass is 9.97. The summed E-state index contributed by atoms with van der Waals surface area (Å²) in [5, 5.41) is 29.5. The lowest BCUT2D eigenvalue weighted by molar-refractivity contribution is 0.0740. The van der Waals surface area contributed by atoms with Crippen LogP contribution in [0.4, 0.5) is 10.1 Å². The Morgan fingerprint density at radius 1 is 1.11 bits per heavy atom. The molecule has 0 aromatic heterocycles. The van der Waals surface area contributed by atoms with Gasteiger partial charge in [-0.05, 0) is 54.4 Å². The molecule has 0 radical (unpaired) electrons. The number of anilines is 1. The van der Waals surface area contributed by atoms with Crippen molar-refractivity contribution in [2.75, 3.05) is 37.7 Å². The van der Waals surface area contributed by atoms with E-state index >= 15 is 0 Å². The Balaban J connectivity index is 1.59. The molecule has 0 spiro atoms. The molecule has 188 valence electrons. The third-order valence-corrected chi connectivity index (χ3v) is 6.85. The van der Waals surface area contributed by atoms with Crippen molar-refractivity contribution in [3.63, 3.8) is 0 Å². The van der Waals surface area contributed by atoms with E-state index < -0.39 is 6.10 Å². The second-order valence-corrected chi connectivity index (χ2v) is 9.36. The van der Waals surface area contributed by atoms with Gasteiger partial charge < -0.3 is 19.8 Å². The number of hydrogen-bond acceptors (Lipinski definition) is 6. The summed E-state index contributed by atoms with van der Waals surface area (Å²) in [5.74, 6) is 0.277. The van der Waals surface area contributed by atoms with Crippen LogP contribution in [0.15, 0.2) is 66.7 Å². The molecule has 36 heavy (non-hydrogen) atoms. The number of halogens is 2. The topological polar surface area (TPSA) is 80.0 Å². The van der Waals surface area contributed by atoms with Gasteiger partial charge in [0.2, 0.25) is 0 Å². The number of β-amino-alcohol motifs (C(OH)–C–C–N with tert-alkyl or cyclic N) is 1. The van der Waals surface area contributed by atoms with Crippen molar-refractivity contribution >= 4 is 17.3 Å². The maximum atomic E-state index is 13.7. The number of piperazine rings is 1. The van der Waals surface area contributed by atoms with Gasteiger partial charge >= 0.3 is 0 Å². The predicted molar refractivity (Wildman–Crippen MR) is 138 cm³/mol. The molecule has 0 saturated carbocycles. The van der Waals surface area contributed by atoms with Gasteiger partial charge in [-0.2, -0.15) is 5.26 Å². The molecular formula is C28H29ClFN3O3. The summed E-state index contributed by atoms with van der Waals surface area (Å²) in [4.78, 5) is 4.43. The van der Waals surface area contributed by atoms with Crippen molar-refractivity contribution < 1.29 is 19.3 Å². The number of aliphatic hydroxyl groups is 2. The summed E-state index contributed by atoms with van der Waals surface area (Å²) in [7, 11) is 0. The van der Waals surface area contributed by atoms with E-state index in [4.69, 9.17) is 26.7 Å². The summed E-state index contributed by atoms with van der Waals surface area (Å²) in [6.07, 6.45) is -0.716. The van der Waals surface area contributed by atoms with E-state index in [0.29, 0.717) is 36.0 Å². The third kappa shape index (κ3) is 5.97. The van der Waals surface area contributed by atoms with Crippen LogP contribution in [0.3, 0.4) is 0 Å². The van der Waals surface area contributed by atoms with E-state index in [9.17, 15) is 9.50 Å². The second-order valence-electron chi connectivity index (χ2n) is 8.96. The quantitative estimate of drug-likeness (QED) is 0.458. The highest BCUT2D eigenvalue weighted by atomic mass is 35.5. The molecule has 0 amide bonds. The fourth-order valence-electron chi connectivity index (χ4n) is 4.60. The van der Waals surface area contributed by atoms with Crippen LogP contribution in [0.5, 0.6) is 5.75 Å². The normalized spacial score (nSPS) is 19.1. The number of aliphatic hydroxyl groups excluding tert-OH is 2. The summed E-state index contributed by atoms with van der Waals surface area (Å²) in [6, 6.07) is 21.0. The zero-order chi connectivity index (χ0) is 25.7. The number of rotatable bonds is 8. The number of nitriles is 1. The number of ether oxygens (including phenoxy) is 1. The highest BCUT2D eigenvalue weighted by molar-refractivity contribution is 6.33. The molecule has 1 saturated heterocycles. The van der Waals surface area contributed by atoms with E-state index in [0.717, 1.165) is 16.8 Å². The largest absolute Gasteiger partial charge is 0.491 e. The lowest BCUT2D eigenvalue weighted by Crippen LogP contribution is -2.54. The van der Waals surface area contributed by atoms with Crippen LogP contribution in [-0.4, -0.2) is 54.0 Å². The van der Waals surface area contributed by atoms with Gasteiger partial charge in [0.1, 0.15) is 18.2 Å². The number of nitrogens with zero attached hydrogens (tertiary/aromatic N) is 3. The molecule has 0 aliphatic carbocycles. The van der Waals surface area contributed by atoms with E-state index in [1.165, 1.54) is 12.1 Å². The molecule has 2 N–H and O–H groups in total. The minimum absolute atomic E-state index is 0.0835. The first-order valence-electron chi connectivity index (χ1n) is 11.9. The van der Waals surface area contributed by atoms with Crippen molar-refractivity contribution in [3.8, 4) is 11.8 Å². The molecule has 0 bridgehead atoms. The van der Waals surface area contributed by atoms with Crippen LogP contribution in [0.1, 0.15) is 35.8 Å². The van der Waals surface area contributed by atoms with Crippen LogP contribution < -0.4 is 9.64 Å². The Bertz CT molecular complexity index is 1200. The highest BCUT2D eigenvalue weighted by Crippen LogP contribution is 2.38. The van der Waals surface area contributed by atoms with Gasteiger partial charge in [0, 0.05) is 31.7 Å². The molecule has 6 nitrogen and oxygen atoms in total. The molecule has 3 aromatic rings. The zero-order valence-corrected chi connectivity index (χ0v) is 20.8. The van der Waals surface area contributed by atoms with E-state index in [-0.39, 0.29) is 31.1 Å². The summed E-state index contributed by atoms with van der Waals surface area (Å²) in [6.45, 7) is 3.86. The maximum absolute atomic E-state index is 13.7. The number of hydrogen-bond donors (Lipinski definition) is 2. The smallest absolute Gasteiger partial charge is 0.123 e. The Labute approximate surface area is 215 Å². The first kappa shape index (κ1) is 25.9. The van der Waals surface area contributed by atoms with Crippen molar-refractivity contribution in [1.82, 2.24) is 4.90 Å². The van der Waals surface area contributed by atoms with Gasteiger partial charge in [-0.15, -0.1) is 0 Å². The van der Waals surface area contributed by atoms with E-state index in [2.05, 4.69) is 22.8 Å². The van der Waals surface area contributed by atoms with E-state index in [1.54, 1.807) is 42.5 Å². The third-order valence-electron chi connectivity index (χ3n) is 6.54. The zero-order valence-electron chi connectivity index (χ0n) is 20.0. The van der Waals surface area contributed by atoms with Crippen molar-refractivity contribution in [1.29, 1.82) is 5.26 Å². The van der Waals surface area contributed by atoms with Crippen LogP contribution in [0.25, 0.3) is 0 Å². The van der Waals surface area contributed by atoms with Crippen molar-refractivity contribution in [2.45, 2.75) is 25.1 Å². The van der Waals surface area contributed by atoms with Gasteiger partial charge in [0.25, 0.3) is 0 Å². The first-order valence-corrected chi connectivity index (χ1v) is 12.2. The predicted octanol–water partition coefficient (Wildman–Crippen LogP) is 4.71. The Morgan fingerprint density at radius 3 is 2.47 bits per heavy atom. The van der Waals surface area contributed by atoms with Crippen molar-refractivity contribution in [2.24, 2.45) is 0 Å². The maximum Gasteiger partial charge on any atom is 0.123 e. The molecule has 1 unspecified atom stereocenters. The monoisotopic (exact) mass is 509 g/mol. The van der Waals surface area contributed by atoms with E-state index in [1.807, 2.05) is 12.1 Å². The van der Waals surface area contributed by atoms with Crippen LogP contribution in [-0.2, 0) is 0 Å². The SMILES string of the molecule is C[C@@H]1CN(c2ccc(OCCO)cc2Cl)[C@H](c2ccc(F)cc2)CN1CC(O)c1ccc(C#N)cc1. The Kier molecular flexibility index (Phi) is 8.44. The minimum Gasteiger partial charge on any atom is -0.491 e. The fourth-order valence-corrected chi connectivity index (χ4v) is 4.88. The molecule has 1 aliphatic rings. The summed E-state index contributed by atoms with van der Waals surface area (Å²) < 4.78 is 19.2. The summed E-state index contributed by atoms with van der Waals surface area (Å²) in [5.41, 5.74) is 3.08. The second kappa shape index (κ2) is 11.7. The molecular weight excluding hydrogens is 481 g/mol. The lowest BCUT2D eigenvalue weighted by Gasteiger charge is -2.47. The molecule has 1 heterocycles. The van der Waals surface area contributed by atoms with Crippen LogP contribution >= 0.6 is 11.6 Å². The van der Waals surface area contributed by atoms with Crippen LogP contribution in [0.2, 0.25) is 5.02 Å². The van der Waals surface area contributed by atoms with Crippen LogP contribution in [0, 0.1) is 17.1 Å². The molecule has 4 rings (SSSR count). The molecule has 8 heteroatoms. The van der Waals surface area contributed by atoms with Crippen molar-refractivity contribution in [3.05, 3.63) is 94.3 Å². The highest BCUT2D eigenvalue weighted by Gasteiger charge is 2.34. The van der Waals surface area contributed by atoms with Gasteiger partial charge in [-0.1, -0.05) is 35.9 Å². The van der Waals surface area contributed by atoms with Gasteiger partial charge in [-0.3, -0.25) is 4.90 Å². The Morgan fingerprint density at radius 2 is 1.83 bits per heavy atom. The number of benzene rings is 3. The Hall–Kier alpha value is -3.15. The summed E-state index contributed by atoms with van der Waals surface area (Å²) >= 11 is 6.67. The molecule has 1 fully saturated rings. The molecule has 3 atom stereocenters. The van der Waals surface area contributed by atoms with Gasteiger partial charge in [0.05, 0.1) is 41.1 Å². The molecule has 3 aromatic carbocycles. The first-order chi connectivity index (χ1) is 17.4. The average Bonchev–Trinajstić information content (AvgIpc) is 2.89. The standard InChI is InChI=1S/C28H29ClFN3O3/c1-19-16-33(26-11-10-24(14-25(26)29)36-13-12-34)27(21-6-8-23(30)9-7-21)17-32(19)18-28(35)22-4-2-20(15-31)3-5-22/h2-11,14,19,27-28,34-35H,12-13,16-18H2,1H3/t19-,27+,28?/m1/s1. The van der Waals surface area contributed by atoms with Gasteiger partial charge in [0.15, 0.2) is 0 Å². The van der Waals surface area contributed by atoms with Gasteiger partial charge in [-0.25, -0.2) is 4.39 Å². The minimum atomic E-state index is -0.716.